The molecular formula is C25H20BrClN2O3. The fraction of sp³-hybridized carbons (Fsp3) is 0.120. The van der Waals surface area contributed by atoms with Crippen LogP contribution in [0, 0.1) is 0 Å². The number of carbonyl (C=O) groups excluding carboxylic acids is 2. The largest absolute Gasteiger partial charge is 0.449 e. The van der Waals surface area contributed by atoms with Gasteiger partial charge in [-0.1, -0.05) is 63.9 Å². The zero-order valence-corrected chi connectivity index (χ0v) is 19.4. The number of amides is 2. The van der Waals surface area contributed by atoms with Gasteiger partial charge in [0.2, 0.25) is 5.91 Å². The van der Waals surface area contributed by atoms with Crippen LogP contribution in [0.15, 0.2) is 83.0 Å². The second-order valence-corrected chi connectivity index (χ2v) is 8.60. The van der Waals surface area contributed by atoms with Crippen LogP contribution in [0.25, 0.3) is 6.08 Å². The van der Waals surface area contributed by atoms with Crippen LogP contribution in [0.3, 0.4) is 0 Å². The third-order valence-electron chi connectivity index (χ3n) is 4.93. The third-order valence-corrected chi connectivity index (χ3v) is 5.67. The van der Waals surface area contributed by atoms with Gasteiger partial charge in [-0.05, 0) is 60.0 Å². The Kier molecular flexibility index (Phi) is 6.93. The van der Waals surface area contributed by atoms with Crippen LogP contribution in [0.1, 0.15) is 11.1 Å². The zero-order chi connectivity index (χ0) is 22.5. The quantitative estimate of drug-likeness (QED) is 0.461. The van der Waals surface area contributed by atoms with Crippen molar-refractivity contribution >= 4 is 51.1 Å². The molecule has 0 saturated carbocycles. The van der Waals surface area contributed by atoms with E-state index in [1.165, 1.54) is 4.90 Å². The fourth-order valence-corrected chi connectivity index (χ4v) is 3.91. The van der Waals surface area contributed by atoms with E-state index in [9.17, 15) is 9.59 Å². The second-order valence-electron chi connectivity index (χ2n) is 7.25. The number of rotatable bonds is 6. The van der Waals surface area contributed by atoms with Crippen LogP contribution in [0.4, 0.5) is 5.69 Å². The molecule has 3 aromatic rings. The Bertz CT molecular complexity index is 1180. The Morgan fingerprint density at radius 2 is 1.84 bits per heavy atom. The van der Waals surface area contributed by atoms with Crippen molar-refractivity contribution in [3.63, 3.8) is 0 Å². The minimum absolute atomic E-state index is 0.102. The number of hydrogen-bond donors (Lipinski definition) is 1. The Labute approximate surface area is 199 Å². The van der Waals surface area contributed by atoms with Crippen LogP contribution < -0.4 is 15.0 Å². The van der Waals surface area contributed by atoms with Crippen molar-refractivity contribution in [3.05, 3.63) is 99.2 Å². The predicted molar refractivity (Wildman–Crippen MR) is 130 cm³/mol. The van der Waals surface area contributed by atoms with Crippen molar-refractivity contribution in [1.29, 1.82) is 0 Å². The number of ether oxygens (including phenoxy) is 1. The van der Waals surface area contributed by atoms with Crippen molar-refractivity contribution in [2.75, 3.05) is 18.0 Å². The number of nitrogens with zero attached hydrogens (tertiary/aromatic N) is 1. The standard InChI is InChI=1S/C25H20BrClN2O3/c26-19-5-3-4-18(14-19)15-23-25(31)29(21-6-1-2-7-22(21)32-23)16-24(30)28-13-12-17-8-10-20(27)11-9-17/h1-11,14-15H,12-13,16H2,(H,28,30)/b23-15+. The molecule has 1 aliphatic heterocycles. The molecule has 0 aliphatic carbocycles. The highest BCUT2D eigenvalue weighted by Crippen LogP contribution is 2.35. The van der Waals surface area contributed by atoms with Crippen molar-refractivity contribution < 1.29 is 14.3 Å². The Balaban J connectivity index is 1.48. The van der Waals surface area contributed by atoms with Gasteiger partial charge in [-0.2, -0.15) is 0 Å². The summed E-state index contributed by atoms with van der Waals surface area (Å²) in [6, 6.07) is 22.2. The zero-order valence-electron chi connectivity index (χ0n) is 17.1. The first-order valence-electron chi connectivity index (χ1n) is 10.1. The van der Waals surface area contributed by atoms with Crippen molar-refractivity contribution in [3.8, 4) is 5.75 Å². The smallest absolute Gasteiger partial charge is 0.294 e. The minimum atomic E-state index is -0.364. The lowest BCUT2D eigenvalue weighted by atomic mass is 10.1. The summed E-state index contributed by atoms with van der Waals surface area (Å²) in [5, 5.41) is 3.56. The molecule has 0 radical (unpaired) electrons. The maximum atomic E-state index is 13.2. The van der Waals surface area contributed by atoms with E-state index < -0.39 is 0 Å². The van der Waals surface area contributed by atoms with Gasteiger partial charge in [-0.25, -0.2) is 0 Å². The van der Waals surface area contributed by atoms with Crippen LogP contribution in [0.5, 0.6) is 5.75 Å². The number of nitrogens with one attached hydrogen (secondary N) is 1. The fourth-order valence-electron chi connectivity index (χ4n) is 3.36. The predicted octanol–water partition coefficient (Wildman–Crippen LogP) is 5.23. The summed E-state index contributed by atoms with van der Waals surface area (Å²) in [6.45, 7) is 0.358. The second kappa shape index (κ2) is 10.0. The number of para-hydroxylation sites is 2. The summed E-state index contributed by atoms with van der Waals surface area (Å²) >= 11 is 9.34. The van der Waals surface area contributed by atoms with E-state index in [1.54, 1.807) is 18.2 Å². The van der Waals surface area contributed by atoms with Crippen molar-refractivity contribution in [2.24, 2.45) is 0 Å². The molecule has 1 heterocycles. The lowest BCUT2D eigenvalue weighted by Gasteiger charge is -2.30. The van der Waals surface area contributed by atoms with E-state index >= 15 is 0 Å². The van der Waals surface area contributed by atoms with E-state index in [4.69, 9.17) is 16.3 Å². The molecule has 0 spiro atoms. The van der Waals surface area contributed by atoms with Gasteiger partial charge in [-0.15, -0.1) is 0 Å². The van der Waals surface area contributed by atoms with E-state index in [0.29, 0.717) is 29.4 Å². The van der Waals surface area contributed by atoms with E-state index in [-0.39, 0.29) is 24.1 Å². The maximum absolute atomic E-state index is 13.2. The van der Waals surface area contributed by atoms with Gasteiger partial charge >= 0.3 is 0 Å². The number of fused-ring (bicyclic) bond motifs is 1. The molecule has 0 saturated heterocycles. The number of anilines is 1. The van der Waals surface area contributed by atoms with Crippen molar-refractivity contribution in [2.45, 2.75) is 6.42 Å². The van der Waals surface area contributed by atoms with Gasteiger partial charge in [0.15, 0.2) is 11.5 Å². The summed E-state index contributed by atoms with van der Waals surface area (Å²) in [5.41, 5.74) is 2.45. The average Bonchev–Trinajstić information content (AvgIpc) is 2.78. The monoisotopic (exact) mass is 510 g/mol. The lowest BCUT2D eigenvalue weighted by Crippen LogP contribution is -2.44. The number of hydrogen-bond acceptors (Lipinski definition) is 3. The SMILES string of the molecule is O=C(CN1C(=O)/C(=C\c2cccc(Br)c2)Oc2ccccc21)NCCc1ccc(Cl)cc1. The highest BCUT2D eigenvalue weighted by Gasteiger charge is 2.31. The molecule has 5 nitrogen and oxygen atoms in total. The van der Waals surface area contributed by atoms with E-state index in [0.717, 1.165) is 15.6 Å². The first-order valence-corrected chi connectivity index (χ1v) is 11.2. The molecule has 3 aromatic carbocycles. The molecule has 7 heteroatoms. The van der Waals surface area contributed by atoms with E-state index in [2.05, 4.69) is 21.2 Å². The summed E-state index contributed by atoms with van der Waals surface area (Å²) in [7, 11) is 0. The Hall–Kier alpha value is -3.09. The highest BCUT2D eigenvalue weighted by molar-refractivity contribution is 9.10. The topological polar surface area (TPSA) is 58.6 Å². The van der Waals surface area contributed by atoms with Gasteiger partial charge < -0.3 is 10.1 Å². The molecule has 4 rings (SSSR count). The third kappa shape index (κ3) is 5.39. The molecule has 162 valence electrons. The molecule has 0 bridgehead atoms. The molecule has 0 fully saturated rings. The van der Waals surface area contributed by atoms with Gasteiger partial charge in [0.25, 0.3) is 5.91 Å². The maximum Gasteiger partial charge on any atom is 0.294 e. The average molecular weight is 512 g/mol. The van der Waals surface area contributed by atoms with Gasteiger partial charge in [-0.3, -0.25) is 14.5 Å². The Morgan fingerprint density at radius 1 is 1.06 bits per heavy atom. The van der Waals surface area contributed by atoms with Crippen LogP contribution in [-0.2, 0) is 16.0 Å². The first kappa shape index (κ1) is 22.1. The normalized spacial score (nSPS) is 14.1. The summed E-state index contributed by atoms with van der Waals surface area (Å²) < 4.78 is 6.76. The number of benzene rings is 3. The molecule has 2 amide bonds. The highest BCUT2D eigenvalue weighted by atomic mass is 79.9. The van der Waals surface area contributed by atoms with Crippen LogP contribution >= 0.6 is 27.5 Å². The molecule has 32 heavy (non-hydrogen) atoms. The lowest BCUT2D eigenvalue weighted by molar-refractivity contribution is -0.123. The molecule has 0 atom stereocenters. The van der Waals surface area contributed by atoms with Gasteiger partial charge in [0, 0.05) is 16.0 Å². The first-order chi connectivity index (χ1) is 15.5. The Morgan fingerprint density at radius 3 is 2.62 bits per heavy atom. The summed E-state index contributed by atoms with van der Waals surface area (Å²) in [6.07, 6.45) is 2.35. The molecular weight excluding hydrogens is 492 g/mol. The van der Waals surface area contributed by atoms with Crippen LogP contribution in [0.2, 0.25) is 5.02 Å². The number of carbonyl (C=O) groups is 2. The number of halogens is 2. The molecule has 0 aromatic heterocycles. The molecule has 1 N–H and O–H groups in total. The minimum Gasteiger partial charge on any atom is -0.449 e. The van der Waals surface area contributed by atoms with Crippen LogP contribution in [-0.4, -0.2) is 24.9 Å². The van der Waals surface area contributed by atoms with Crippen molar-refractivity contribution in [1.82, 2.24) is 5.32 Å². The molecule has 0 unspecified atom stereocenters. The summed E-state index contributed by atoms with van der Waals surface area (Å²) in [4.78, 5) is 27.2. The molecule has 1 aliphatic rings. The van der Waals surface area contributed by atoms with Gasteiger partial charge in [0.05, 0.1) is 5.69 Å². The summed E-state index contributed by atoms with van der Waals surface area (Å²) in [5.74, 6) is 0.0837. The van der Waals surface area contributed by atoms with Gasteiger partial charge in [0.1, 0.15) is 6.54 Å². The van der Waals surface area contributed by atoms with E-state index in [1.807, 2.05) is 60.7 Å².